The van der Waals surface area contributed by atoms with Crippen molar-refractivity contribution < 1.29 is 33.9 Å². The number of amides is 6. The lowest BCUT2D eigenvalue weighted by atomic mass is 10.0. The molecule has 3 rings (SSSR count). The lowest BCUT2D eigenvalue weighted by Crippen LogP contribution is -2.62. The molecule has 14 heteroatoms. The molecule has 2 fully saturated rings. The molecule has 14 nitrogen and oxygen atoms in total. The average Bonchev–Trinajstić information content (AvgIpc) is 3.37. The highest BCUT2D eigenvalue weighted by Crippen LogP contribution is 2.25. The normalized spacial score (nSPS) is 19.8. The average molecular weight is 546 g/mol. The number of nitrogens with two attached hydrogens (primary N) is 2. The first-order chi connectivity index (χ1) is 18.5. The maximum absolute atomic E-state index is 13.3. The molecular formula is C25H35N7O7. The second-order valence-corrected chi connectivity index (χ2v) is 9.63. The molecule has 2 saturated heterocycles. The van der Waals surface area contributed by atoms with Gasteiger partial charge in [0.05, 0.1) is 13.1 Å². The molecule has 0 bridgehead atoms. The van der Waals surface area contributed by atoms with Gasteiger partial charge in [0.2, 0.25) is 35.4 Å². The van der Waals surface area contributed by atoms with Gasteiger partial charge < -0.3 is 42.3 Å². The Hall–Kier alpha value is -4.20. The van der Waals surface area contributed by atoms with Crippen LogP contribution in [0.1, 0.15) is 31.7 Å². The van der Waals surface area contributed by atoms with Crippen molar-refractivity contribution in [3.8, 4) is 5.75 Å². The van der Waals surface area contributed by atoms with E-state index in [1.165, 1.54) is 28.9 Å². The Balaban J connectivity index is 1.56. The fourth-order valence-electron chi connectivity index (χ4n) is 4.58. The highest BCUT2D eigenvalue weighted by atomic mass is 16.3. The minimum Gasteiger partial charge on any atom is -0.508 e. The van der Waals surface area contributed by atoms with Crippen molar-refractivity contribution in [2.24, 2.45) is 11.5 Å². The molecular weight excluding hydrogens is 510 g/mol. The quantitative estimate of drug-likeness (QED) is 0.169. The maximum Gasteiger partial charge on any atom is 0.246 e. The van der Waals surface area contributed by atoms with Crippen LogP contribution in [-0.2, 0) is 35.2 Å². The van der Waals surface area contributed by atoms with Crippen molar-refractivity contribution in [3.63, 3.8) is 0 Å². The first-order valence-electron chi connectivity index (χ1n) is 12.8. The van der Waals surface area contributed by atoms with Gasteiger partial charge in [0, 0.05) is 19.5 Å². The monoisotopic (exact) mass is 545 g/mol. The van der Waals surface area contributed by atoms with Crippen LogP contribution < -0.4 is 27.4 Å². The molecule has 0 spiro atoms. The molecule has 2 aliphatic rings. The number of likely N-dealkylation sites (tertiary alicyclic amines) is 2. The molecule has 6 amide bonds. The van der Waals surface area contributed by atoms with Crippen LogP contribution in [0.4, 0.5) is 0 Å². The van der Waals surface area contributed by atoms with Gasteiger partial charge in [0.15, 0.2) is 0 Å². The van der Waals surface area contributed by atoms with Crippen LogP contribution in [0.3, 0.4) is 0 Å². The minimum absolute atomic E-state index is 0.0648. The van der Waals surface area contributed by atoms with Crippen molar-refractivity contribution in [1.29, 1.82) is 0 Å². The number of carbonyl (C=O) groups excluding carboxylic acids is 6. The maximum atomic E-state index is 13.3. The lowest BCUT2D eigenvalue weighted by Gasteiger charge is -2.42. The third-order valence-electron chi connectivity index (χ3n) is 6.87. The Morgan fingerprint density at radius 1 is 1.00 bits per heavy atom. The summed E-state index contributed by atoms with van der Waals surface area (Å²) in [5, 5.41) is 16.9. The summed E-state index contributed by atoms with van der Waals surface area (Å²) in [4.78, 5) is 77.3. The molecule has 1 aromatic carbocycles. The van der Waals surface area contributed by atoms with E-state index in [9.17, 15) is 33.9 Å². The number of phenols is 1. The number of benzene rings is 1. The van der Waals surface area contributed by atoms with E-state index in [2.05, 4.69) is 16.0 Å². The van der Waals surface area contributed by atoms with E-state index in [0.29, 0.717) is 37.9 Å². The number of hydrogen-bond donors (Lipinski definition) is 6. The standard InChI is InChI=1S/C25H35N7O7/c1-14(29-20(34)12-26)23(37)28-13-21(35)31-10-8-19(31)25(39)32-9-2-3-18(32)24(38)30-17(22(27)36)11-15-4-6-16(33)7-5-15/h4-7,14,17-19,33H,2-3,8-13,26H2,1H3,(H2,27,36)(H,28,37)(H,29,34)(H,30,38)/t14-,17-,18-,19-/m0/s1. The highest BCUT2D eigenvalue weighted by Gasteiger charge is 2.44. The Morgan fingerprint density at radius 3 is 2.28 bits per heavy atom. The third kappa shape index (κ3) is 7.44. The van der Waals surface area contributed by atoms with Gasteiger partial charge in [-0.1, -0.05) is 12.1 Å². The van der Waals surface area contributed by atoms with Gasteiger partial charge >= 0.3 is 0 Å². The van der Waals surface area contributed by atoms with Gasteiger partial charge in [-0.25, -0.2) is 0 Å². The molecule has 4 atom stereocenters. The third-order valence-corrected chi connectivity index (χ3v) is 6.87. The van der Waals surface area contributed by atoms with E-state index < -0.39 is 53.7 Å². The van der Waals surface area contributed by atoms with Gasteiger partial charge in [0.25, 0.3) is 0 Å². The molecule has 1 aromatic rings. The van der Waals surface area contributed by atoms with Crippen LogP contribution in [0.2, 0.25) is 0 Å². The topological polar surface area (TPSA) is 217 Å². The number of hydrogen-bond acceptors (Lipinski definition) is 8. The van der Waals surface area contributed by atoms with Crippen LogP contribution in [0.15, 0.2) is 24.3 Å². The summed E-state index contributed by atoms with van der Waals surface area (Å²) >= 11 is 0. The lowest BCUT2D eigenvalue weighted by molar-refractivity contribution is -0.154. The molecule has 2 heterocycles. The summed E-state index contributed by atoms with van der Waals surface area (Å²) in [6.07, 6.45) is 1.50. The summed E-state index contributed by atoms with van der Waals surface area (Å²) in [5.74, 6) is -3.10. The number of phenolic OH excluding ortho intramolecular Hbond substituents is 1. The van der Waals surface area contributed by atoms with E-state index >= 15 is 0 Å². The number of nitrogens with zero attached hydrogens (tertiary/aromatic N) is 2. The van der Waals surface area contributed by atoms with Crippen molar-refractivity contribution in [2.45, 2.75) is 56.8 Å². The van der Waals surface area contributed by atoms with Crippen LogP contribution in [0.5, 0.6) is 5.75 Å². The van der Waals surface area contributed by atoms with Crippen molar-refractivity contribution in [2.75, 3.05) is 26.2 Å². The number of primary amides is 1. The number of aromatic hydroxyl groups is 1. The Bertz CT molecular complexity index is 1110. The van der Waals surface area contributed by atoms with Crippen molar-refractivity contribution >= 4 is 35.4 Å². The van der Waals surface area contributed by atoms with E-state index in [0.717, 1.165) is 0 Å². The Morgan fingerprint density at radius 2 is 1.69 bits per heavy atom. The molecule has 8 N–H and O–H groups in total. The summed E-state index contributed by atoms with van der Waals surface area (Å²) in [6.45, 7) is 1.48. The molecule has 0 radical (unpaired) electrons. The van der Waals surface area contributed by atoms with Crippen LogP contribution in [-0.4, -0.2) is 101 Å². The summed E-state index contributed by atoms with van der Waals surface area (Å²) in [5.41, 5.74) is 11.4. The number of rotatable bonds is 11. The smallest absolute Gasteiger partial charge is 0.246 e. The first kappa shape index (κ1) is 29.4. The molecule has 212 valence electrons. The molecule has 39 heavy (non-hydrogen) atoms. The predicted octanol–water partition coefficient (Wildman–Crippen LogP) is -2.92. The Kier molecular flexibility index (Phi) is 9.82. The van der Waals surface area contributed by atoms with Crippen molar-refractivity contribution in [3.05, 3.63) is 29.8 Å². The number of carbonyl (C=O) groups is 6. The SMILES string of the molecule is C[C@H](NC(=O)CN)C(=O)NCC(=O)N1CC[C@H]1C(=O)N1CCC[C@H]1C(=O)N[C@@H](Cc1ccc(O)cc1)C(N)=O. The van der Waals surface area contributed by atoms with E-state index in [1.54, 1.807) is 12.1 Å². The zero-order chi connectivity index (χ0) is 28.7. The molecule has 2 aliphatic heterocycles. The van der Waals surface area contributed by atoms with Crippen molar-refractivity contribution in [1.82, 2.24) is 25.8 Å². The van der Waals surface area contributed by atoms with Crippen LogP contribution >= 0.6 is 0 Å². The molecule has 0 saturated carbocycles. The summed E-state index contributed by atoms with van der Waals surface area (Å²) < 4.78 is 0. The summed E-state index contributed by atoms with van der Waals surface area (Å²) in [7, 11) is 0. The van der Waals surface area contributed by atoms with Crippen LogP contribution in [0, 0.1) is 0 Å². The highest BCUT2D eigenvalue weighted by molar-refractivity contribution is 5.96. The number of nitrogens with one attached hydrogen (secondary N) is 3. The first-order valence-corrected chi connectivity index (χ1v) is 12.8. The molecule has 0 aliphatic carbocycles. The van der Waals surface area contributed by atoms with E-state index in [-0.39, 0.29) is 31.2 Å². The largest absolute Gasteiger partial charge is 0.508 e. The molecule has 0 unspecified atom stereocenters. The van der Waals surface area contributed by atoms with Crippen LogP contribution in [0.25, 0.3) is 0 Å². The van der Waals surface area contributed by atoms with Gasteiger partial charge in [-0.15, -0.1) is 0 Å². The zero-order valence-electron chi connectivity index (χ0n) is 21.7. The second-order valence-electron chi connectivity index (χ2n) is 9.63. The van der Waals surface area contributed by atoms with Gasteiger partial charge in [-0.2, -0.15) is 0 Å². The van der Waals surface area contributed by atoms with E-state index in [4.69, 9.17) is 11.5 Å². The predicted molar refractivity (Wildman–Crippen MR) is 137 cm³/mol. The minimum atomic E-state index is -1.01. The van der Waals surface area contributed by atoms with Gasteiger partial charge in [0.1, 0.15) is 29.9 Å². The van der Waals surface area contributed by atoms with Gasteiger partial charge in [-0.3, -0.25) is 28.8 Å². The fourth-order valence-corrected chi connectivity index (χ4v) is 4.58. The van der Waals surface area contributed by atoms with Gasteiger partial charge in [-0.05, 0) is 43.9 Å². The summed E-state index contributed by atoms with van der Waals surface area (Å²) in [6, 6.07) is 2.68. The molecule has 0 aromatic heterocycles. The second kappa shape index (κ2) is 13.0. The van der Waals surface area contributed by atoms with E-state index in [1.807, 2.05) is 0 Å². The Labute approximate surface area is 225 Å². The zero-order valence-corrected chi connectivity index (χ0v) is 21.7. The fraction of sp³-hybridized carbons (Fsp3) is 0.520.